The Morgan fingerprint density at radius 3 is 2.67 bits per heavy atom. The number of rotatable bonds is 0. The van der Waals surface area contributed by atoms with Crippen LogP contribution in [-0.2, 0) is 0 Å². The van der Waals surface area contributed by atoms with E-state index < -0.39 is 0 Å². The van der Waals surface area contributed by atoms with Crippen molar-refractivity contribution in [2.24, 2.45) is 0 Å². The maximum atomic E-state index is 3.23. The summed E-state index contributed by atoms with van der Waals surface area (Å²) in [4.78, 5) is 0. The predicted molar refractivity (Wildman–Crippen MR) is 29.7 cm³/mol. The topological polar surface area (TPSA) is 0 Å². The first-order valence-corrected chi connectivity index (χ1v) is 2.48. The third kappa shape index (κ3) is 0.618. The van der Waals surface area contributed by atoms with E-state index in [9.17, 15) is 0 Å². The second kappa shape index (κ2) is 1.46. The van der Waals surface area contributed by atoms with Gasteiger partial charge in [-0.3, -0.25) is 0 Å². The molecule has 0 amide bonds. The molecule has 1 heteroatoms. The number of halogens is 1. The minimum Gasteiger partial charge on any atom is -0.105 e. The molecule has 0 saturated heterocycles. The smallest absolute Gasteiger partial charge is 0.0593 e. The average molecular weight is 143 g/mol. The van der Waals surface area contributed by atoms with Crippen molar-refractivity contribution in [3.8, 4) is 0 Å². The van der Waals surface area contributed by atoms with Crippen LogP contribution in [-0.4, -0.2) is 0 Å². The molecule has 0 heterocycles. The summed E-state index contributed by atoms with van der Waals surface area (Å²) in [6.07, 6.45) is 5.74. The van der Waals surface area contributed by atoms with Crippen molar-refractivity contribution in [3.05, 3.63) is 28.4 Å². The van der Waals surface area contributed by atoms with E-state index in [2.05, 4.69) is 21.7 Å². The molecule has 0 saturated carbocycles. The maximum Gasteiger partial charge on any atom is 0.0593 e. The van der Waals surface area contributed by atoms with Gasteiger partial charge in [0, 0.05) is 0 Å². The van der Waals surface area contributed by atoms with E-state index in [1.165, 1.54) is 0 Å². The number of hydrogen-bond acceptors (Lipinski definition) is 0. The fourth-order valence-electron chi connectivity index (χ4n) is 0.308. The molecule has 0 N–H and O–H groups in total. The highest BCUT2D eigenvalue weighted by Crippen LogP contribution is 2.07. The van der Waals surface area contributed by atoms with Crippen molar-refractivity contribution in [3.63, 3.8) is 0 Å². The highest BCUT2D eigenvalue weighted by atomic mass is 79.9. The fourth-order valence-corrected chi connectivity index (χ4v) is 0.593. The van der Waals surface area contributed by atoms with Gasteiger partial charge in [-0.15, -0.1) is 5.73 Å². The Bertz CT molecular complexity index is 136. The van der Waals surface area contributed by atoms with Crippen LogP contribution >= 0.6 is 15.9 Å². The minimum absolute atomic E-state index is 1.03. The summed E-state index contributed by atoms with van der Waals surface area (Å²) in [7, 11) is 0. The average Bonchev–Trinajstić information content (AvgIpc) is 1.86. The largest absolute Gasteiger partial charge is 0.105 e. The van der Waals surface area contributed by atoms with Gasteiger partial charge < -0.3 is 0 Å². The van der Waals surface area contributed by atoms with Crippen LogP contribution < -0.4 is 0 Å². The van der Waals surface area contributed by atoms with Crippen molar-refractivity contribution < 1.29 is 0 Å². The summed E-state index contributed by atoms with van der Waals surface area (Å²) in [5, 5.41) is 0. The minimum atomic E-state index is 1.03. The van der Waals surface area contributed by atoms with Gasteiger partial charge in [0.1, 0.15) is 0 Å². The highest BCUT2D eigenvalue weighted by Gasteiger charge is 1.80. The molecule has 6 heavy (non-hydrogen) atoms. The molecule has 0 bridgehead atoms. The van der Waals surface area contributed by atoms with Crippen LogP contribution in [0.5, 0.6) is 0 Å². The maximum absolute atomic E-state index is 3.23. The summed E-state index contributed by atoms with van der Waals surface area (Å²) in [6.45, 7) is 0. The van der Waals surface area contributed by atoms with Crippen LogP contribution in [0.2, 0.25) is 0 Å². The molecule has 0 spiro atoms. The first kappa shape index (κ1) is 3.91. The van der Waals surface area contributed by atoms with Crippen LogP contribution in [0.15, 0.2) is 28.4 Å². The van der Waals surface area contributed by atoms with Crippen LogP contribution in [0.3, 0.4) is 0 Å². The predicted octanol–water partition coefficient (Wildman–Crippen LogP) is 1.99. The Labute approximate surface area is 45.0 Å². The molecule has 0 aromatic heterocycles. The monoisotopic (exact) mass is 142 g/mol. The van der Waals surface area contributed by atoms with E-state index in [1.54, 1.807) is 0 Å². The third-order valence-corrected chi connectivity index (χ3v) is 1.05. The molecule has 1 rings (SSSR count). The van der Waals surface area contributed by atoms with Crippen molar-refractivity contribution >= 4 is 15.9 Å². The zero-order chi connectivity index (χ0) is 4.41. The summed E-state index contributed by atoms with van der Waals surface area (Å²) in [5.41, 5.74) is 2.92. The third-order valence-electron chi connectivity index (χ3n) is 0.560. The lowest BCUT2D eigenvalue weighted by molar-refractivity contribution is 2.07. The zero-order valence-electron chi connectivity index (χ0n) is 3.11. The molecule has 0 unspecified atom stereocenters. The van der Waals surface area contributed by atoms with Gasteiger partial charge >= 0.3 is 0 Å². The standard InChI is InChI=1S/C5H3Br/c6-5-3-1-2-4-5/h1-3H. The molecule has 0 fully saturated rings. The first-order chi connectivity index (χ1) is 2.89. The molecule has 0 aromatic rings. The Hall–Kier alpha value is -0.260. The Balaban J connectivity index is 2.98. The summed E-state index contributed by atoms with van der Waals surface area (Å²) >= 11 is 3.23. The SMILES string of the molecule is BrC1=C=CC=C1. The lowest BCUT2D eigenvalue weighted by Crippen LogP contribution is -1.41. The van der Waals surface area contributed by atoms with Gasteiger partial charge in [-0.2, -0.15) is 0 Å². The highest BCUT2D eigenvalue weighted by molar-refractivity contribution is 9.11. The van der Waals surface area contributed by atoms with Crippen molar-refractivity contribution in [1.82, 2.24) is 0 Å². The van der Waals surface area contributed by atoms with Gasteiger partial charge in [0.15, 0.2) is 0 Å². The molecular formula is C5H3Br. The van der Waals surface area contributed by atoms with Crippen LogP contribution in [0.25, 0.3) is 0 Å². The molecule has 1 aliphatic carbocycles. The van der Waals surface area contributed by atoms with E-state index in [1.807, 2.05) is 18.2 Å². The van der Waals surface area contributed by atoms with Gasteiger partial charge in [-0.1, -0.05) is 6.08 Å². The van der Waals surface area contributed by atoms with E-state index in [0.717, 1.165) is 4.48 Å². The van der Waals surface area contributed by atoms with Crippen molar-refractivity contribution in [2.75, 3.05) is 0 Å². The van der Waals surface area contributed by atoms with E-state index in [4.69, 9.17) is 0 Å². The zero-order valence-corrected chi connectivity index (χ0v) is 4.70. The summed E-state index contributed by atoms with van der Waals surface area (Å²) in [5.74, 6) is 0. The first-order valence-electron chi connectivity index (χ1n) is 1.68. The quantitative estimate of drug-likeness (QED) is 0.455. The lowest BCUT2D eigenvalue weighted by Gasteiger charge is -1.65. The second-order valence-electron chi connectivity index (χ2n) is 1.02. The summed E-state index contributed by atoms with van der Waals surface area (Å²) < 4.78 is 1.03. The Morgan fingerprint density at radius 2 is 2.50 bits per heavy atom. The lowest BCUT2D eigenvalue weighted by atomic mass is 10.6. The van der Waals surface area contributed by atoms with Crippen molar-refractivity contribution in [2.45, 2.75) is 0 Å². The Morgan fingerprint density at radius 1 is 1.67 bits per heavy atom. The molecule has 1 aliphatic rings. The molecule has 0 radical (unpaired) electrons. The van der Waals surface area contributed by atoms with Gasteiger partial charge in [-0.25, -0.2) is 0 Å². The Kier molecular flexibility index (Phi) is 0.952. The molecule has 0 aromatic carbocycles. The fraction of sp³-hybridized carbons (Fsp3) is 0. The number of allylic oxidation sites excluding steroid dienone is 3. The van der Waals surface area contributed by atoms with Gasteiger partial charge in [0.2, 0.25) is 0 Å². The summed E-state index contributed by atoms with van der Waals surface area (Å²) in [6, 6.07) is 0. The van der Waals surface area contributed by atoms with Crippen molar-refractivity contribution in [1.29, 1.82) is 0 Å². The molecule has 0 nitrogen and oxygen atoms in total. The molecule has 0 atom stereocenters. The normalized spacial score (nSPS) is 15.8. The van der Waals surface area contributed by atoms with Gasteiger partial charge in [-0.05, 0) is 28.1 Å². The molecule has 30 valence electrons. The van der Waals surface area contributed by atoms with E-state index >= 15 is 0 Å². The molecule has 0 aliphatic heterocycles. The van der Waals surface area contributed by atoms with Crippen LogP contribution in [0.1, 0.15) is 0 Å². The molecular weight excluding hydrogens is 140 g/mol. The van der Waals surface area contributed by atoms with Gasteiger partial charge in [0.05, 0.1) is 4.48 Å². The van der Waals surface area contributed by atoms with E-state index in [0.29, 0.717) is 0 Å². The van der Waals surface area contributed by atoms with Crippen LogP contribution in [0.4, 0.5) is 0 Å². The van der Waals surface area contributed by atoms with Gasteiger partial charge in [0.25, 0.3) is 0 Å². The van der Waals surface area contributed by atoms with Crippen LogP contribution in [0, 0.1) is 0 Å². The second-order valence-corrected chi connectivity index (χ2v) is 1.87. The van der Waals surface area contributed by atoms with E-state index in [-0.39, 0.29) is 0 Å². The number of hydrogen-bond donors (Lipinski definition) is 0.